The fourth-order valence-electron chi connectivity index (χ4n) is 0.759. The summed E-state index contributed by atoms with van der Waals surface area (Å²) in [6, 6.07) is 7.01. The zero-order valence-electron chi connectivity index (χ0n) is 6.24. The molecular weight excluding hydrogens is 140 g/mol. The Labute approximate surface area is 65.2 Å². The number of para-hydroxylation sites is 2. The average Bonchev–Trinajstić information content (AvgIpc) is 1.93. The molecule has 0 fully saturated rings. The van der Waals surface area contributed by atoms with Gasteiger partial charge in [-0.2, -0.15) is 0 Å². The van der Waals surface area contributed by atoms with Gasteiger partial charge in [-0.25, -0.2) is 5.32 Å². The van der Waals surface area contributed by atoms with Gasteiger partial charge in [0.2, 0.25) is 5.91 Å². The van der Waals surface area contributed by atoms with Crippen molar-refractivity contribution in [2.45, 2.75) is 6.92 Å². The van der Waals surface area contributed by atoms with Crippen LogP contribution in [-0.2, 0) is 4.79 Å². The van der Waals surface area contributed by atoms with Gasteiger partial charge in [-0.3, -0.25) is 4.79 Å². The molecule has 3 nitrogen and oxygen atoms in total. The molecule has 0 spiro atoms. The maximum Gasteiger partial charge on any atom is 0.243 e. The van der Waals surface area contributed by atoms with Crippen molar-refractivity contribution < 1.29 is 4.79 Å². The van der Waals surface area contributed by atoms with Crippen molar-refractivity contribution in [2.75, 3.05) is 5.73 Å². The standard InChI is InChI=1S/C8H9N2O/c1-6(11)10-8-5-3-2-4-7(8)9/h2-5H,9H2,1H3. The van der Waals surface area contributed by atoms with Crippen LogP contribution in [0, 0.1) is 0 Å². The lowest BCUT2D eigenvalue weighted by Gasteiger charge is -2.00. The smallest absolute Gasteiger partial charge is 0.243 e. The second-order valence-corrected chi connectivity index (χ2v) is 2.19. The van der Waals surface area contributed by atoms with Gasteiger partial charge in [0.05, 0.1) is 11.4 Å². The van der Waals surface area contributed by atoms with Crippen molar-refractivity contribution in [2.24, 2.45) is 0 Å². The summed E-state index contributed by atoms with van der Waals surface area (Å²) in [5, 5.41) is 3.70. The molecule has 11 heavy (non-hydrogen) atoms. The lowest BCUT2D eigenvalue weighted by molar-refractivity contribution is -0.118. The first-order chi connectivity index (χ1) is 5.20. The molecular formula is C8H9N2O. The Morgan fingerprint density at radius 1 is 1.45 bits per heavy atom. The molecule has 1 radical (unpaired) electrons. The number of anilines is 1. The third-order valence-electron chi connectivity index (χ3n) is 1.21. The molecule has 0 saturated heterocycles. The minimum atomic E-state index is -0.233. The van der Waals surface area contributed by atoms with Crippen molar-refractivity contribution in [1.82, 2.24) is 5.32 Å². The van der Waals surface area contributed by atoms with Crippen LogP contribution in [0.5, 0.6) is 0 Å². The van der Waals surface area contributed by atoms with E-state index in [2.05, 4.69) is 5.32 Å². The van der Waals surface area contributed by atoms with Crippen LogP contribution >= 0.6 is 0 Å². The normalized spacial score (nSPS) is 9.18. The van der Waals surface area contributed by atoms with E-state index in [-0.39, 0.29) is 5.91 Å². The summed E-state index contributed by atoms with van der Waals surface area (Å²) >= 11 is 0. The molecule has 1 amide bonds. The molecule has 0 bridgehead atoms. The third-order valence-corrected chi connectivity index (χ3v) is 1.21. The Bertz CT molecular complexity index is 271. The maximum atomic E-state index is 10.5. The summed E-state index contributed by atoms with van der Waals surface area (Å²) in [7, 11) is 0. The number of hydrogen-bond donors (Lipinski definition) is 1. The van der Waals surface area contributed by atoms with Crippen LogP contribution in [0.4, 0.5) is 11.4 Å². The monoisotopic (exact) mass is 149 g/mol. The number of carbonyl (C=O) groups is 1. The Kier molecular flexibility index (Phi) is 2.11. The summed E-state index contributed by atoms with van der Waals surface area (Å²) in [5.74, 6) is -0.233. The molecule has 0 aliphatic rings. The molecule has 0 unspecified atom stereocenters. The molecule has 0 aliphatic heterocycles. The lowest BCUT2D eigenvalue weighted by atomic mass is 10.3. The molecule has 0 aromatic heterocycles. The highest BCUT2D eigenvalue weighted by molar-refractivity contribution is 5.81. The molecule has 0 atom stereocenters. The van der Waals surface area contributed by atoms with E-state index in [0.717, 1.165) is 0 Å². The summed E-state index contributed by atoms with van der Waals surface area (Å²) in [6.45, 7) is 1.40. The molecule has 2 N–H and O–H groups in total. The van der Waals surface area contributed by atoms with Gasteiger partial charge < -0.3 is 5.73 Å². The molecule has 1 rings (SSSR count). The van der Waals surface area contributed by atoms with E-state index >= 15 is 0 Å². The number of nitrogens with two attached hydrogens (primary N) is 1. The zero-order valence-corrected chi connectivity index (χ0v) is 6.24. The van der Waals surface area contributed by atoms with Crippen LogP contribution in [0.15, 0.2) is 24.3 Å². The van der Waals surface area contributed by atoms with Crippen LogP contribution in [0.1, 0.15) is 6.92 Å². The van der Waals surface area contributed by atoms with E-state index in [9.17, 15) is 4.79 Å². The molecule has 0 aliphatic carbocycles. The first kappa shape index (κ1) is 7.60. The predicted octanol–water partition coefficient (Wildman–Crippen LogP) is 1.05. The number of rotatable bonds is 1. The van der Waals surface area contributed by atoms with E-state index < -0.39 is 0 Å². The lowest BCUT2D eigenvalue weighted by Crippen LogP contribution is -2.06. The van der Waals surface area contributed by atoms with Crippen molar-refractivity contribution in [3.63, 3.8) is 0 Å². The Hall–Kier alpha value is -1.51. The second kappa shape index (κ2) is 3.05. The molecule has 1 aromatic rings. The van der Waals surface area contributed by atoms with Crippen molar-refractivity contribution >= 4 is 17.3 Å². The summed E-state index contributed by atoms with van der Waals surface area (Å²) < 4.78 is 0. The Morgan fingerprint density at radius 2 is 2.09 bits per heavy atom. The number of carbonyl (C=O) groups excluding carboxylic acids is 1. The van der Waals surface area contributed by atoms with Crippen LogP contribution in [-0.4, -0.2) is 5.91 Å². The van der Waals surface area contributed by atoms with E-state index in [1.54, 1.807) is 24.3 Å². The minimum Gasteiger partial charge on any atom is -0.397 e. The van der Waals surface area contributed by atoms with Crippen LogP contribution in [0.3, 0.4) is 0 Å². The fraction of sp³-hybridized carbons (Fsp3) is 0.125. The van der Waals surface area contributed by atoms with Gasteiger partial charge in [-0.1, -0.05) is 12.1 Å². The minimum absolute atomic E-state index is 0.233. The largest absolute Gasteiger partial charge is 0.397 e. The zero-order chi connectivity index (χ0) is 8.27. The highest BCUT2D eigenvalue weighted by Crippen LogP contribution is 2.16. The summed E-state index contributed by atoms with van der Waals surface area (Å²) in [4.78, 5) is 10.5. The van der Waals surface area contributed by atoms with Gasteiger partial charge in [0.1, 0.15) is 0 Å². The van der Waals surface area contributed by atoms with Gasteiger partial charge in [0.25, 0.3) is 0 Å². The molecule has 0 saturated carbocycles. The number of nitrogens with zero attached hydrogens (tertiary/aromatic N) is 1. The van der Waals surface area contributed by atoms with Crippen LogP contribution in [0.25, 0.3) is 0 Å². The topological polar surface area (TPSA) is 57.2 Å². The maximum absolute atomic E-state index is 10.5. The molecule has 0 heterocycles. The quantitative estimate of drug-likeness (QED) is 0.607. The van der Waals surface area contributed by atoms with E-state index in [4.69, 9.17) is 5.73 Å². The fourth-order valence-corrected chi connectivity index (χ4v) is 0.759. The van der Waals surface area contributed by atoms with Gasteiger partial charge in [0, 0.05) is 6.92 Å². The highest BCUT2D eigenvalue weighted by atomic mass is 16.1. The van der Waals surface area contributed by atoms with Crippen LogP contribution in [0.2, 0.25) is 0 Å². The number of amides is 1. The SMILES string of the molecule is CC(=O)[N]c1ccccc1N. The van der Waals surface area contributed by atoms with Gasteiger partial charge in [0.15, 0.2) is 0 Å². The van der Waals surface area contributed by atoms with E-state index in [1.165, 1.54) is 6.92 Å². The number of hydrogen-bond acceptors (Lipinski definition) is 2. The second-order valence-electron chi connectivity index (χ2n) is 2.19. The van der Waals surface area contributed by atoms with E-state index in [0.29, 0.717) is 11.4 Å². The number of benzene rings is 1. The summed E-state index contributed by atoms with van der Waals surface area (Å²) in [5.41, 5.74) is 6.59. The first-order valence-electron chi connectivity index (χ1n) is 3.27. The van der Waals surface area contributed by atoms with Crippen molar-refractivity contribution in [3.8, 4) is 0 Å². The molecule has 1 aromatic carbocycles. The number of nitrogen functional groups attached to an aromatic ring is 1. The predicted molar refractivity (Wildman–Crippen MR) is 43.3 cm³/mol. The van der Waals surface area contributed by atoms with Crippen molar-refractivity contribution in [3.05, 3.63) is 24.3 Å². The van der Waals surface area contributed by atoms with Crippen LogP contribution < -0.4 is 11.1 Å². The van der Waals surface area contributed by atoms with Gasteiger partial charge in [-0.05, 0) is 12.1 Å². The van der Waals surface area contributed by atoms with Crippen molar-refractivity contribution in [1.29, 1.82) is 0 Å². The highest BCUT2D eigenvalue weighted by Gasteiger charge is 1.99. The summed E-state index contributed by atoms with van der Waals surface area (Å²) in [6.07, 6.45) is 0. The molecule has 57 valence electrons. The third kappa shape index (κ3) is 1.97. The average molecular weight is 149 g/mol. The first-order valence-corrected chi connectivity index (χ1v) is 3.27. The van der Waals surface area contributed by atoms with Gasteiger partial charge in [-0.15, -0.1) is 0 Å². The van der Waals surface area contributed by atoms with Gasteiger partial charge >= 0.3 is 0 Å². The van der Waals surface area contributed by atoms with E-state index in [1.807, 2.05) is 0 Å². The molecule has 3 heteroatoms. The Balaban J connectivity index is 2.86. The Morgan fingerprint density at radius 3 is 2.64 bits per heavy atom.